The van der Waals surface area contributed by atoms with Crippen molar-refractivity contribution < 1.29 is 0 Å². The highest BCUT2D eigenvalue weighted by molar-refractivity contribution is 5.87. The molecule has 0 saturated carbocycles. The molecule has 0 radical (unpaired) electrons. The molecule has 0 amide bonds. The lowest BCUT2D eigenvalue weighted by Gasteiger charge is -2.28. The molecule has 1 nitrogen and oxygen atoms in total. The smallest absolute Gasteiger partial charge is 0.0465 e. The fourth-order valence-electron chi connectivity index (χ4n) is 6.99. The Bertz CT molecular complexity index is 2130. The molecule has 0 spiro atoms. The zero-order chi connectivity index (χ0) is 31.1. The molecule has 1 aliphatic rings. The zero-order valence-corrected chi connectivity index (χ0v) is 26.2. The maximum absolute atomic E-state index is 2.41. The number of para-hydroxylation sites is 1. The lowest BCUT2D eigenvalue weighted by atomic mass is 9.81. The van der Waals surface area contributed by atoms with E-state index in [-0.39, 0.29) is 5.41 Å². The van der Waals surface area contributed by atoms with Crippen LogP contribution in [0.2, 0.25) is 0 Å². The fraction of sp³-hybridized carbons (Fsp3) is 0.0667. The minimum atomic E-state index is -0.139. The Kier molecular flexibility index (Phi) is 6.88. The summed E-state index contributed by atoms with van der Waals surface area (Å²) in [6, 6.07) is 63.7. The first-order valence-corrected chi connectivity index (χ1v) is 16.0. The number of hydrogen-bond acceptors (Lipinski definition) is 1. The molecule has 0 fully saturated rings. The van der Waals surface area contributed by atoms with E-state index >= 15 is 0 Å². The molecule has 0 saturated heterocycles. The van der Waals surface area contributed by atoms with Gasteiger partial charge in [-0.05, 0) is 98.1 Å². The number of anilines is 3. The zero-order valence-electron chi connectivity index (χ0n) is 26.2. The molecule has 0 aromatic heterocycles. The summed E-state index contributed by atoms with van der Waals surface area (Å²) in [7, 11) is 0. The third kappa shape index (κ3) is 4.91. The van der Waals surface area contributed by atoms with E-state index in [0.29, 0.717) is 0 Å². The Morgan fingerprint density at radius 1 is 0.326 bits per heavy atom. The van der Waals surface area contributed by atoms with Gasteiger partial charge in [-0.1, -0.05) is 147 Å². The Morgan fingerprint density at radius 2 is 0.696 bits per heavy atom. The van der Waals surface area contributed by atoms with Crippen LogP contribution >= 0.6 is 0 Å². The largest absolute Gasteiger partial charge is 0.310 e. The number of hydrogen-bond donors (Lipinski definition) is 0. The quantitative estimate of drug-likeness (QED) is 0.186. The monoisotopic (exact) mass is 589 g/mol. The highest BCUT2D eigenvalue weighted by Gasteiger charge is 2.36. The molecule has 0 unspecified atom stereocenters. The molecule has 8 rings (SSSR count). The highest BCUT2D eigenvalue weighted by Crippen LogP contribution is 2.51. The Morgan fingerprint density at radius 3 is 1.26 bits per heavy atom. The van der Waals surface area contributed by atoms with Crippen molar-refractivity contribution >= 4 is 17.1 Å². The van der Waals surface area contributed by atoms with E-state index in [1.165, 1.54) is 55.6 Å². The van der Waals surface area contributed by atoms with Crippen LogP contribution in [0.25, 0.3) is 44.5 Å². The van der Waals surface area contributed by atoms with Crippen molar-refractivity contribution in [1.29, 1.82) is 0 Å². The summed E-state index contributed by atoms with van der Waals surface area (Å²) in [5.74, 6) is 0. The van der Waals surface area contributed by atoms with Crippen LogP contribution in [0.15, 0.2) is 176 Å². The van der Waals surface area contributed by atoms with Crippen LogP contribution in [0.3, 0.4) is 0 Å². The van der Waals surface area contributed by atoms with Crippen LogP contribution < -0.4 is 4.90 Å². The lowest BCUT2D eigenvalue weighted by Crippen LogP contribution is -2.16. The molecule has 0 N–H and O–H groups in total. The van der Waals surface area contributed by atoms with Gasteiger partial charge in [0.2, 0.25) is 0 Å². The van der Waals surface area contributed by atoms with Crippen molar-refractivity contribution in [2.45, 2.75) is 19.3 Å². The van der Waals surface area contributed by atoms with Gasteiger partial charge in [0.25, 0.3) is 0 Å². The third-order valence-corrected chi connectivity index (χ3v) is 9.49. The molecule has 7 aromatic rings. The van der Waals surface area contributed by atoms with Gasteiger partial charge in [-0.3, -0.25) is 0 Å². The molecular weight excluding hydrogens is 555 g/mol. The molecule has 7 aromatic carbocycles. The van der Waals surface area contributed by atoms with Crippen molar-refractivity contribution in [3.05, 3.63) is 187 Å². The lowest BCUT2D eigenvalue weighted by molar-refractivity contribution is 0.660. The number of fused-ring (bicyclic) bond motifs is 3. The topological polar surface area (TPSA) is 3.24 Å². The van der Waals surface area contributed by atoms with Crippen LogP contribution in [0, 0.1) is 0 Å². The second-order valence-electron chi connectivity index (χ2n) is 12.6. The summed E-state index contributed by atoms with van der Waals surface area (Å²) in [6.07, 6.45) is 0. The number of benzene rings is 7. The number of rotatable bonds is 6. The van der Waals surface area contributed by atoms with Crippen LogP contribution in [0.4, 0.5) is 17.1 Å². The maximum atomic E-state index is 2.41. The summed E-state index contributed by atoms with van der Waals surface area (Å²) in [6.45, 7) is 4.73. The second-order valence-corrected chi connectivity index (χ2v) is 12.6. The van der Waals surface area contributed by atoms with Crippen LogP contribution in [0.1, 0.15) is 25.0 Å². The molecule has 220 valence electrons. The van der Waals surface area contributed by atoms with Gasteiger partial charge in [-0.25, -0.2) is 0 Å². The first-order chi connectivity index (χ1) is 22.6. The normalized spacial score (nSPS) is 12.7. The van der Waals surface area contributed by atoms with Gasteiger partial charge in [0.05, 0.1) is 0 Å². The minimum Gasteiger partial charge on any atom is -0.310 e. The third-order valence-electron chi connectivity index (χ3n) is 9.49. The van der Waals surface area contributed by atoms with Crippen molar-refractivity contribution in [2.75, 3.05) is 4.90 Å². The van der Waals surface area contributed by atoms with Crippen molar-refractivity contribution in [3.63, 3.8) is 0 Å². The summed E-state index contributed by atoms with van der Waals surface area (Å²) in [5.41, 5.74) is 16.1. The molecule has 1 heteroatoms. The fourth-order valence-corrected chi connectivity index (χ4v) is 6.99. The van der Waals surface area contributed by atoms with E-state index in [1.807, 2.05) is 0 Å². The van der Waals surface area contributed by atoms with E-state index in [2.05, 4.69) is 195 Å². The van der Waals surface area contributed by atoms with Crippen molar-refractivity contribution in [3.8, 4) is 44.5 Å². The van der Waals surface area contributed by atoms with Gasteiger partial charge < -0.3 is 4.90 Å². The second kappa shape index (κ2) is 11.4. The standard InChI is InChI=1S/C45H35N/c1-45(2)43-30-37(36-20-18-34(19-21-36)32-12-6-3-7-13-32)24-28-41(43)42-29-27-40(31-44(42)45)46(38-16-10-5-11-17-38)39-25-22-35(23-26-39)33-14-8-4-9-15-33/h3-31H,1-2H3. The molecule has 1 aliphatic carbocycles. The summed E-state index contributed by atoms with van der Waals surface area (Å²) in [5, 5.41) is 0. The van der Waals surface area contributed by atoms with E-state index in [9.17, 15) is 0 Å². The number of nitrogens with zero attached hydrogens (tertiary/aromatic N) is 1. The van der Waals surface area contributed by atoms with Gasteiger partial charge in [0, 0.05) is 22.5 Å². The molecule has 0 aliphatic heterocycles. The van der Waals surface area contributed by atoms with Gasteiger partial charge in [0.15, 0.2) is 0 Å². The van der Waals surface area contributed by atoms with E-state index in [0.717, 1.165) is 17.1 Å². The minimum absolute atomic E-state index is 0.139. The summed E-state index contributed by atoms with van der Waals surface area (Å²) >= 11 is 0. The SMILES string of the molecule is CC1(C)c2cc(-c3ccc(-c4ccccc4)cc3)ccc2-c2ccc(N(c3ccccc3)c3ccc(-c4ccccc4)cc3)cc21. The predicted octanol–water partition coefficient (Wildman–Crippen LogP) is 12.5. The Hall–Kier alpha value is -5.66. The molecular formula is C45H35N. The van der Waals surface area contributed by atoms with Gasteiger partial charge in [-0.15, -0.1) is 0 Å². The first-order valence-electron chi connectivity index (χ1n) is 16.0. The summed E-state index contributed by atoms with van der Waals surface area (Å²) < 4.78 is 0. The van der Waals surface area contributed by atoms with Gasteiger partial charge >= 0.3 is 0 Å². The Labute approximate surface area is 272 Å². The average Bonchev–Trinajstić information content (AvgIpc) is 3.35. The van der Waals surface area contributed by atoms with Crippen LogP contribution in [0.5, 0.6) is 0 Å². The molecule has 0 heterocycles. The highest BCUT2D eigenvalue weighted by atomic mass is 15.1. The van der Waals surface area contributed by atoms with Gasteiger partial charge in [0.1, 0.15) is 0 Å². The summed E-state index contributed by atoms with van der Waals surface area (Å²) in [4.78, 5) is 2.37. The molecule has 0 bridgehead atoms. The van der Waals surface area contributed by atoms with E-state index < -0.39 is 0 Å². The van der Waals surface area contributed by atoms with E-state index in [1.54, 1.807) is 0 Å². The maximum Gasteiger partial charge on any atom is 0.0465 e. The van der Waals surface area contributed by atoms with Crippen molar-refractivity contribution in [2.24, 2.45) is 0 Å². The van der Waals surface area contributed by atoms with Crippen LogP contribution in [-0.2, 0) is 5.41 Å². The predicted molar refractivity (Wildman–Crippen MR) is 195 cm³/mol. The Balaban J connectivity index is 1.15. The van der Waals surface area contributed by atoms with Crippen LogP contribution in [-0.4, -0.2) is 0 Å². The molecule has 0 atom stereocenters. The molecule has 46 heavy (non-hydrogen) atoms. The van der Waals surface area contributed by atoms with Crippen molar-refractivity contribution in [1.82, 2.24) is 0 Å². The van der Waals surface area contributed by atoms with E-state index in [4.69, 9.17) is 0 Å². The van der Waals surface area contributed by atoms with Gasteiger partial charge in [-0.2, -0.15) is 0 Å². The average molecular weight is 590 g/mol. The first kappa shape index (κ1) is 27.9.